The molecule has 3 saturated heterocycles. The number of carbonyl (C=O) groups is 1. The molecular formula is C37H34ClF3N8O2. The van der Waals surface area contributed by atoms with Crippen molar-refractivity contribution >= 4 is 51.1 Å². The number of fused-ring (bicyclic) bond motifs is 3. The number of halogens is 4. The molecule has 0 saturated carbocycles. The molecule has 0 spiro atoms. The summed E-state index contributed by atoms with van der Waals surface area (Å²) in [6.45, 7) is 2.12. The van der Waals surface area contributed by atoms with Crippen LogP contribution >= 0.6 is 11.6 Å². The van der Waals surface area contributed by atoms with Gasteiger partial charge in [0.1, 0.15) is 41.8 Å². The molecule has 0 unspecified atom stereocenters. The van der Waals surface area contributed by atoms with Gasteiger partial charge in [-0.15, -0.1) is 0 Å². The zero-order valence-corrected chi connectivity index (χ0v) is 28.5. The lowest BCUT2D eigenvalue weighted by Gasteiger charge is -2.31. The molecule has 3 fully saturated rings. The van der Waals surface area contributed by atoms with Crippen molar-refractivity contribution in [2.24, 2.45) is 0 Å². The predicted octanol–water partition coefficient (Wildman–Crippen LogP) is 6.27. The zero-order valence-electron chi connectivity index (χ0n) is 27.8. The van der Waals surface area contributed by atoms with Gasteiger partial charge in [0, 0.05) is 67.4 Å². The third-order valence-corrected chi connectivity index (χ3v) is 10.7. The van der Waals surface area contributed by atoms with Gasteiger partial charge in [-0.25, -0.2) is 23.1 Å². The average molecular weight is 715 g/mol. The lowest BCUT2D eigenvalue weighted by atomic mass is 9.95. The number of anilines is 1. The molecule has 3 aliphatic rings. The van der Waals surface area contributed by atoms with Crippen LogP contribution in [0.1, 0.15) is 31.4 Å². The molecular weight excluding hydrogens is 681 g/mol. The van der Waals surface area contributed by atoms with E-state index in [0.717, 1.165) is 31.0 Å². The number of likely N-dealkylation sites (tertiary alicyclic amines) is 1. The lowest BCUT2D eigenvalue weighted by molar-refractivity contribution is -0.124. The van der Waals surface area contributed by atoms with Gasteiger partial charge in [-0.3, -0.25) is 14.7 Å². The number of aromatic nitrogens is 5. The Morgan fingerprint density at radius 1 is 1.12 bits per heavy atom. The van der Waals surface area contributed by atoms with Crippen LogP contribution in [-0.4, -0.2) is 98.2 Å². The summed E-state index contributed by atoms with van der Waals surface area (Å²) >= 11 is 6.61. The minimum absolute atomic E-state index is 0.0192. The molecule has 3 aliphatic heterocycles. The Labute approximate surface area is 296 Å². The first-order valence-corrected chi connectivity index (χ1v) is 17.3. The van der Waals surface area contributed by atoms with Crippen molar-refractivity contribution in [3.05, 3.63) is 83.5 Å². The molecule has 0 N–H and O–H groups in total. The minimum Gasteiger partial charge on any atom is -0.461 e. The van der Waals surface area contributed by atoms with Crippen molar-refractivity contribution in [3.63, 3.8) is 0 Å². The lowest BCUT2D eigenvalue weighted by Crippen LogP contribution is -2.43. The van der Waals surface area contributed by atoms with Crippen LogP contribution < -0.4 is 9.64 Å². The molecule has 10 nitrogen and oxygen atoms in total. The Morgan fingerprint density at radius 3 is 2.80 bits per heavy atom. The molecule has 8 rings (SSSR count). The summed E-state index contributed by atoms with van der Waals surface area (Å²) in [5, 5.41) is 2.35. The first-order valence-electron chi connectivity index (χ1n) is 16.9. The van der Waals surface area contributed by atoms with Crippen LogP contribution in [0.3, 0.4) is 0 Å². The fourth-order valence-electron chi connectivity index (χ4n) is 7.81. The van der Waals surface area contributed by atoms with Crippen LogP contribution in [0.15, 0.2) is 61.2 Å². The second-order valence-corrected chi connectivity index (χ2v) is 13.9. The SMILES string of the molecule is CN(c1nc(OC[C@@]23CCCN2C[C@H](F)C3)nc2c(F)c(-c3cccc4cccc(Cl)c34)ncc12)[C@@H]1CCN(C(=O)/C=C/c2ncncc2F)C1. The van der Waals surface area contributed by atoms with Gasteiger partial charge >= 0.3 is 6.01 Å². The third kappa shape index (κ3) is 6.12. The number of benzene rings is 2. The van der Waals surface area contributed by atoms with E-state index in [1.165, 1.54) is 18.5 Å². The van der Waals surface area contributed by atoms with Crippen LogP contribution in [0.25, 0.3) is 39.0 Å². The third-order valence-electron chi connectivity index (χ3n) is 10.4. The molecule has 51 heavy (non-hydrogen) atoms. The smallest absolute Gasteiger partial charge is 0.319 e. The Kier molecular flexibility index (Phi) is 8.71. The second kappa shape index (κ2) is 13.3. The summed E-state index contributed by atoms with van der Waals surface area (Å²) in [6.07, 6.45) is 8.18. The van der Waals surface area contributed by atoms with Gasteiger partial charge in [0.05, 0.1) is 17.1 Å². The minimum atomic E-state index is -0.936. The number of hydrogen-bond donors (Lipinski definition) is 0. The van der Waals surface area contributed by atoms with Crippen molar-refractivity contribution in [1.29, 1.82) is 0 Å². The molecule has 14 heteroatoms. The Balaban J connectivity index is 1.14. The van der Waals surface area contributed by atoms with E-state index in [0.29, 0.717) is 59.7 Å². The van der Waals surface area contributed by atoms with Gasteiger partial charge in [0.25, 0.3) is 0 Å². The van der Waals surface area contributed by atoms with E-state index in [1.807, 2.05) is 36.2 Å². The zero-order chi connectivity index (χ0) is 35.3. The van der Waals surface area contributed by atoms with Crippen LogP contribution in [0.2, 0.25) is 5.02 Å². The van der Waals surface area contributed by atoms with Crippen molar-refractivity contribution in [2.75, 3.05) is 44.7 Å². The largest absolute Gasteiger partial charge is 0.461 e. The number of hydrogen-bond acceptors (Lipinski definition) is 9. The summed E-state index contributed by atoms with van der Waals surface area (Å²) in [5.41, 5.74) is 0.187. The highest BCUT2D eigenvalue weighted by molar-refractivity contribution is 6.36. The van der Waals surface area contributed by atoms with Gasteiger partial charge in [-0.2, -0.15) is 9.97 Å². The van der Waals surface area contributed by atoms with Gasteiger partial charge in [0.15, 0.2) is 11.6 Å². The van der Waals surface area contributed by atoms with E-state index in [4.69, 9.17) is 21.3 Å². The Hall–Kier alpha value is -4.88. The maximum absolute atomic E-state index is 16.8. The average Bonchev–Trinajstić information content (AvgIpc) is 3.85. The fourth-order valence-corrected chi connectivity index (χ4v) is 8.10. The summed E-state index contributed by atoms with van der Waals surface area (Å²) in [6, 6.07) is 10.8. The molecule has 3 aromatic heterocycles. The first kappa shape index (κ1) is 33.3. The van der Waals surface area contributed by atoms with E-state index in [1.54, 1.807) is 23.2 Å². The molecule has 0 bridgehead atoms. The number of pyridine rings is 1. The second-order valence-electron chi connectivity index (χ2n) is 13.4. The van der Waals surface area contributed by atoms with Crippen LogP contribution in [0.5, 0.6) is 6.01 Å². The summed E-state index contributed by atoms with van der Waals surface area (Å²) in [5.74, 6) is -1.19. The van der Waals surface area contributed by atoms with E-state index in [9.17, 15) is 13.6 Å². The summed E-state index contributed by atoms with van der Waals surface area (Å²) < 4.78 is 51.6. The molecule has 262 valence electrons. The maximum Gasteiger partial charge on any atom is 0.319 e. The number of amides is 1. The summed E-state index contributed by atoms with van der Waals surface area (Å²) in [4.78, 5) is 40.2. The van der Waals surface area contributed by atoms with Gasteiger partial charge in [-0.05, 0) is 43.3 Å². The first-order chi connectivity index (χ1) is 24.7. The molecule has 3 atom stereocenters. The molecule has 6 heterocycles. The number of rotatable bonds is 8. The number of carbonyl (C=O) groups excluding carboxylic acids is 1. The summed E-state index contributed by atoms with van der Waals surface area (Å²) in [7, 11) is 1.83. The Morgan fingerprint density at radius 2 is 1.96 bits per heavy atom. The fraction of sp³-hybridized carbons (Fsp3) is 0.351. The van der Waals surface area contributed by atoms with Crippen LogP contribution in [0, 0.1) is 11.6 Å². The monoisotopic (exact) mass is 714 g/mol. The van der Waals surface area contributed by atoms with E-state index < -0.39 is 23.3 Å². The van der Waals surface area contributed by atoms with Crippen molar-refractivity contribution in [3.8, 4) is 17.3 Å². The van der Waals surface area contributed by atoms with Crippen LogP contribution in [-0.2, 0) is 4.79 Å². The van der Waals surface area contributed by atoms with E-state index in [-0.39, 0.29) is 41.5 Å². The standard InChI is InChI=1S/C37H34ClF3N8O2/c1-47(24-11-14-48(19-24)30(50)10-9-29-28(40)17-42-21-44-29)35-26-16-43-33(25-7-2-5-22-6-3-8-27(38)31(22)25)32(41)34(26)45-36(46-35)51-20-37-12-4-13-49(37)18-23(39)15-37/h2-3,5-10,16-17,21,23-24H,4,11-15,18-20H2,1H3/b10-9+/t23-,24-,37+/m1/s1. The molecule has 5 aromatic rings. The Bertz CT molecular complexity index is 2180. The molecule has 1 amide bonds. The van der Waals surface area contributed by atoms with Crippen LogP contribution in [0.4, 0.5) is 19.0 Å². The van der Waals surface area contributed by atoms with Gasteiger partial charge in [0.2, 0.25) is 5.91 Å². The molecule has 0 aliphatic carbocycles. The van der Waals surface area contributed by atoms with Gasteiger partial charge in [-0.1, -0.05) is 41.9 Å². The predicted molar refractivity (Wildman–Crippen MR) is 188 cm³/mol. The number of ether oxygens (including phenoxy) is 1. The molecule has 0 radical (unpaired) electrons. The van der Waals surface area contributed by atoms with E-state index in [2.05, 4.69) is 24.8 Å². The number of nitrogens with zero attached hydrogens (tertiary/aromatic N) is 8. The highest BCUT2D eigenvalue weighted by Gasteiger charge is 2.49. The van der Waals surface area contributed by atoms with E-state index >= 15 is 4.39 Å². The maximum atomic E-state index is 16.8. The normalized spacial score (nSPS) is 22.0. The number of alkyl halides is 1. The van der Waals surface area contributed by atoms with Crippen molar-refractivity contribution < 1.29 is 22.7 Å². The van der Waals surface area contributed by atoms with Crippen molar-refractivity contribution in [1.82, 2.24) is 34.7 Å². The topological polar surface area (TPSA) is 100 Å². The highest BCUT2D eigenvalue weighted by atomic mass is 35.5. The number of likely N-dealkylation sites (N-methyl/N-ethyl adjacent to an activating group) is 1. The van der Waals surface area contributed by atoms with Crippen molar-refractivity contribution in [2.45, 2.75) is 43.4 Å². The quantitative estimate of drug-likeness (QED) is 0.172. The molecule has 2 aromatic carbocycles. The highest BCUT2D eigenvalue weighted by Crippen LogP contribution is 2.41. The van der Waals surface area contributed by atoms with Gasteiger partial charge < -0.3 is 14.5 Å².